The lowest BCUT2D eigenvalue weighted by Gasteiger charge is -2.32. The Hall–Kier alpha value is -1.93. The van der Waals surface area contributed by atoms with Gasteiger partial charge in [0, 0.05) is 40.0 Å². The highest BCUT2D eigenvalue weighted by Crippen LogP contribution is 2.06. The normalized spacial score (nSPS) is 18.9. The van der Waals surface area contributed by atoms with Crippen molar-refractivity contribution in [1.29, 1.82) is 0 Å². The van der Waals surface area contributed by atoms with Gasteiger partial charge in [0.05, 0.1) is 19.0 Å². The van der Waals surface area contributed by atoms with E-state index in [1.54, 1.807) is 36.1 Å². The molecule has 2 rings (SSSR count). The standard InChI is InChI=1S/C13H20N4O4/c1-16-7-11(15-9-16)13(19)14-5-10-6-17(3-4-20-2)12(18)8-21-10/h7,9-10H,3-6,8H2,1-2H3,(H,14,19). The summed E-state index contributed by atoms with van der Waals surface area (Å²) < 4.78 is 12.1. The molecule has 21 heavy (non-hydrogen) atoms. The van der Waals surface area contributed by atoms with Crippen molar-refractivity contribution in [3.8, 4) is 0 Å². The molecule has 1 aromatic heterocycles. The van der Waals surface area contributed by atoms with E-state index in [-0.39, 0.29) is 24.5 Å². The molecule has 2 amide bonds. The maximum Gasteiger partial charge on any atom is 0.271 e. The minimum Gasteiger partial charge on any atom is -0.383 e. The Labute approximate surface area is 123 Å². The molecule has 1 unspecified atom stereocenters. The van der Waals surface area contributed by atoms with Gasteiger partial charge < -0.3 is 24.3 Å². The minimum atomic E-state index is -0.250. The molecule has 0 bridgehead atoms. The molecule has 0 radical (unpaired) electrons. The summed E-state index contributed by atoms with van der Waals surface area (Å²) in [4.78, 5) is 29.2. The predicted octanol–water partition coefficient (Wildman–Crippen LogP) is -0.976. The Balaban J connectivity index is 1.80. The number of imidazole rings is 1. The molecule has 2 heterocycles. The van der Waals surface area contributed by atoms with Crippen LogP contribution in [-0.2, 0) is 21.3 Å². The summed E-state index contributed by atoms with van der Waals surface area (Å²) in [5.41, 5.74) is 0.362. The van der Waals surface area contributed by atoms with E-state index >= 15 is 0 Å². The highest BCUT2D eigenvalue weighted by molar-refractivity contribution is 5.92. The number of methoxy groups -OCH3 is 1. The van der Waals surface area contributed by atoms with E-state index in [1.807, 2.05) is 0 Å². The number of carbonyl (C=O) groups is 2. The largest absolute Gasteiger partial charge is 0.383 e. The van der Waals surface area contributed by atoms with Crippen LogP contribution in [0.1, 0.15) is 10.5 Å². The lowest BCUT2D eigenvalue weighted by Crippen LogP contribution is -2.51. The molecular formula is C13H20N4O4. The van der Waals surface area contributed by atoms with Crippen LogP contribution in [-0.4, -0.2) is 72.3 Å². The monoisotopic (exact) mass is 296 g/mol. The fourth-order valence-electron chi connectivity index (χ4n) is 2.05. The molecule has 1 aromatic rings. The van der Waals surface area contributed by atoms with Gasteiger partial charge in [-0.2, -0.15) is 0 Å². The highest BCUT2D eigenvalue weighted by atomic mass is 16.5. The minimum absolute atomic E-state index is 0.0356. The zero-order valence-electron chi connectivity index (χ0n) is 12.2. The lowest BCUT2D eigenvalue weighted by molar-refractivity contribution is -0.149. The summed E-state index contributed by atoms with van der Waals surface area (Å²) in [7, 11) is 3.39. The molecule has 1 N–H and O–H groups in total. The predicted molar refractivity (Wildman–Crippen MR) is 73.7 cm³/mol. The number of hydrogen-bond acceptors (Lipinski definition) is 5. The summed E-state index contributed by atoms with van der Waals surface area (Å²) in [6.45, 7) is 1.84. The van der Waals surface area contributed by atoms with Crippen molar-refractivity contribution in [2.75, 3.05) is 40.0 Å². The van der Waals surface area contributed by atoms with Gasteiger partial charge in [-0.05, 0) is 0 Å². The van der Waals surface area contributed by atoms with Crippen LogP contribution in [0.3, 0.4) is 0 Å². The van der Waals surface area contributed by atoms with Crippen LogP contribution >= 0.6 is 0 Å². The van der Waals surface area contributed by atoms with Gasteiger partial charge in [0.2, 0.25) is 5.91 Å². The number of carbonyl (C=O) groups excluding carboxylic acids is 2. The van der Waals surface area contributed by atoms with E-state index in [1.165, 1.54) is 0 Å². The van der Waals surface area contributed by atoms with Gasteiger partial charge in [0.15, 0.2) is 0 Å². The average Bonchev–Trinajstić information content (AvgIpc) is 2.91. The number of aryl methyl sites for hydroxylation is 1. The van der Waals surface area contributed by atoms with E-state index in [9.17, 15) is 9.59 Å². The molecular weight excluding hydrogens is 276 g/mol. The number of nitrogens with one attached hydrogen (secondary N) is 1. The summed E-state index contributed by atoms with van der Waals surface area (Å²) >= 11 is 0. The zero-order valence-corrected chi connectivity index (χ0v) is 12.2. The van der Waals surface area contributed by atoms with Gasteiger partial charge >= 0.3 is 0 Å². The van der Waals surface area contributed by atoms with Crippen molar-refractivity contribution >= 4 is 11.8 Å². The number of ether oxygens (including phenoxy) is 2. The van der Waals surface area contributed by atoms with Crippen LogP contribution in [0.4, 0.5) is 0 Å². The molecule has 8 heteroatoms. The van der Waals surface area contributed by atoms with Gasteiger partial charge in [-0.3, -0.25) is 9.59 Å². The molecule has 116 valence electrons. The van der Waals surface area contributed by atoms with Crippen LogP contribution in [0, 0.1) is 0 Å². The summed E-state index contributed by atoms with van der Waals surface area (Å²) in [6, 6.07) is 0. The summed E-state index contributed by atoms with van der Waals surface area (Å²) in [6.07, 6.45) is 3.00. The molecule has 1 aliphatic heterocycles. The van der Waals surface area contributed by atoms with Crippen molar-refractivity contribution in [2.45, 2.75) is 6.10 Å². The van der Waals surface area contributed by atoms with Gasteiger partial charge in [0.1, 0.15) is 12.3 Å². The lowest BCUT2D eigenvalue weighted by atomic mass is 10.2. The van der Waals surface area contributed by atoms with Gasteiger partial charge in [0.25, 0.3) is 5.91 Å². The molecule has 1 atom stereocenters. The van der Waals surface area contributed by atoms with Gasteiger partial charge in [-0.15, -0.1) is 0 Å². The molecule has 0 spiro atoms. The van der Waals surface area contributed by atoms with Crippen LogP contribution in [0.25, 0.3) is 0 Å². The first-order chi connectivity index (χ1) is 10.1. The van der Waals surface area contributed by atoms with Crippen molar-refractivity contribution in [3.05, 3.63) is 18.2 Å². The second-order valence-corrected chi connectivity index (χ2v) is 4.90. The SMILES string of the molecule is COCCN1CC(CNC(=O)c2cn(C)cn2)OCC1=O. The fraction of sp³-hybridized carbons (Fsp3) is 0.615. The van der Waals surface area contributed by atoms with Crippen LogP contribution in [0.2, 0.25) is 0 Å². The molecule has 0 aliphatic carbocycles. The Morgan fingerprint density at radius 1 is 1.62 bits per heavy atom. The van der Waals surface area contributed by atoms with E-state index in [0.29, 0.717) is 31.9 Å². The summed E-state index contributed by atoms with van der Waals surface area (Å²) in [5.74, 6) is -0.307. The van der Waals surface area contributed by atoms with Crippen molar-refractivity contribution < 1.29 is 19.1 Å². The van der Waals surface area contributed by atoms with Gasteiger partial charge in [-0.25, -0.2) is 4.98 Å². The molecule has 1 saturated heterocycles. The van der Waals surface area contributed by atoms with Crippen molar-refractivity contribution in [3.63, 3.8) is 0 Å². The number of amides is 2. The Morgan fingerprint density at radius 2 is 2.43 bits per heavy atom. The number of hydrogen-bond donors (Lipinski definition) is 1. The average molecular weight is 296 g/mol. The number of aromatic nitrogens is 2. The Kier molecular flexibility index (Phi) is 5.29. The second-order valence-electron chi connectivity index (χ2n) is 4.90. The first-order valence-corrected chi connectivity index (χ1v) is 6.74. The second kappa shape index (κ2) is 7.19. The quantitative estimate of drug-likeness (QED) is 0.729. The smallest absolute Gasteiger partial charge is 0.271 e. The van der Waals surface area contributed by atoms with E-state index in [0.717, 1.165) is 0 Å². The van der Waals surface area contributed by atoms with Gasteiger partial charge in [-0.1, -0.05) is 0 Å². The van der Waals surface area contributed by atoms with Crippen LogP contribution in [0.5, 0.6) is 0 Å². The Morgan fingerprint density at radius 3 is 3.10 bits per heavy atom. The fourth-order valence-corrected chi connectivity index (χ4v) is 2.05. The topological polar surface area (TPSA) is 85.7 Å². The van der Waals surface area contributed by atoms with Crippen LogP contribution < -0.4 is 5.32 Å². The molecule has 8 nitrogen and oxygen atoms in total. The number of morpholine rings is 1. The third kappa shape index (κ3) is 4.27. The molecule has 0 saturated carbocycles. The number of rotatable bonds is 6. The first-order valence-electron chi connectivity index (χ1n) is 6.74. The highest BCUT2D eigenvalue weighted by Gasteiger charge is 2.26. The molecule has 0 aromatic carbocycles. The third-order valence-electron chi connectivity index (χ3n) is 3.21. The van der Waals surface area contributed by atoms with Crippen LogP contribution in [0.15, 0.2) is 12.5 Å². The number of nitrogens with zero attached hydrogens (tertiary/aromatic N) is 3. The first kappa shape index (κ1) is 15.5. The Bertz CT molecular complexity index is 502. The maximum absolute atomic E-state index is 11.9. The molecule has 1 fully saturated rings. The van der Waals surface area contributed by atoms with Crippen molar-refractivity contribution in [1.82, 2.24) is 19.8 Å². The van der Waals surface area contributed by atoms with Crippen molar-refractivity contribution in [2.24, 2.45) is 7.05 Å². The maximum atomic E-state index is 11.9. The summed E-state index contributed by atoms with van der Waals surface area (Å²) in [5, 5.41) is 2.76. The van der Waals surface area contributed by atoms with E-state index < -0.39 is 0 Å². The zero-order chi connectivity index (χ0) is 15.2. The van der Waals surface area contributed by atoms with E-state index in [2.05, 4.69) is 10.3 Å². The molecule has 1 aliphatic rings. The third-order valence-corrected chi connectivity index (χ3v) is 3.21. The van der Waals surface area contributed by atoms with E-state index in [4.69, 9.17) is 9.47 Å².